The summed E-state index contributed by atoms with van der Waals surface area (Å²) < 4.78 is 41.2. The number of sulfonamides is 1. The van der Waals surface area contributed by atoms with Crippen molar-refractivity contribution < 1.29 is 12.8 Å². The zero-order valence-electron chi connectivity index (χ0n) is 13.1. The fourth-order valence-electron chi connectivity index (χ4n) is 3.57. The van der Waals surface area contributed by atoms with E-state index in [0.717, 1.165) is 6.07 Å². The molecule has 0 heterocycles. The topological polar surface area (TPSA) is 72.2 Å². The lowest BCUT2D eigenvalue weighted by molar-refractivity contribution is -0.0593. The summed E-state index contributed by atoms with van der Waals surface area (Å²) in [7, 11) is -3.78. The number of aryl methyl sites for hydroxylation is 1. The van der Waals surface area contributed by atoms with Crippen LogP contribution in [-0.2, 0) is 10.0 Å². The van der Waals surface area contributed by atoms with Gasteiger partial charge in [-0.25, -0.2) is 17.5 Å². The number of halogens is 1. The van der Waals surface area contributed by atoms with E-state index in [0.29, 0.717) is 5.56 Å². The fourth-order valence-corrected chi connectivity index (χ4v) is 5.37. The molecule has 0 radical (unpaired) electrons. The smallest absolute Gasteiger partial charge is 0.241 e. The minimum absolute atomic E-state index is 0.0189. The van der Waals surface area contributed by atoms with Gasteiger partial charge in [0, 0.05) is 12.1 Å². The number of rotatable bonds is 3. The van der Waals surface area contributed by atoms with Crippen LogP contribution in [0.25, 0.3) is 0 Å². The Kier molecular flexibility index (Phi) is 3.72. The molecular formula is C15H23FN2O2S. The molecule has 0 saturated heterocycles. The summed E-state index contributed by atoms with van der Waals surface area (Å²) in [6.07, 6.45) is 0. The summed E-state index contributed by atoms with van der Waals surface area (Å²) in [5.41, 5.74) is 5.96. The molecule has 1 aliphatic carbocycles. The van der Waals surface area contributed by atoms with Crippen molar-refractivity contribution >= 4 is 10.0 Å². The van der Waals surface area contributed by atoms with Crippen molar-refractivity contribution in [2.45, 2.75) is 51.6 Å². The zero-order chi connectivity index (χ0) is 16.2. The van der Waals surface area contributed by atoms with Crippen molar-refractivity contribution in [1.29, 1.82) is 0 Å². The summed E-state index contributed by atoms with van der Waals surface area (Å²) in [6.45, 7) is 9.41. The first-order valence-corrected chi connectivity index (χ1v) is 8.43. The molecule has 1 aromatic carbocycles. The van der Waals surface area contributed by atoms with Gasteiger partial charge in [0.25, 0.3) is 0 Å². The van der Waals surface area contributed by atoms with E-state index in [2.05, 4.69) is 4.72 Å². The van der Waals surface area contributed by atoms with Crippen LogP contribution in [0.5, 0.6) is 0 Å². The van der Waals surface area contributed by atoms with Crippen LogP contribution in [0.4, 0.5) is 4.39 Å². The van der Waals surface area contributed by atoms with Gasteiger partial charge in [-0.1, -0.05) is 33.8 Å². The van der Waals surface area contributed by atoms with Gasteiger partial charge in [-0.2, -0.15) is 0 Å². The number of nitrogens with one attached hydrogen (secondary N) is 1. The molecule has 0 aromatic heterocycles. The lowest BCUT2D eigenvalue weighted by atomic mass is 9.49. The Bertz CT molecular complexity index is 652. The maximum absolute atomic E-state index is 13.4. The first-order valence-electron chi connectivity index (χ1n) is 6.95. The maximum Gasteiger partial charge on any atom is 0.241 e. The number of benzene rings is 1. The molecule has 1 aliphatic rings. The Morgan fingerprint density at radius 3 is 2.24 bits per heavy atom. The third-order valence-corrected chi connectivity index (χ3v) is 6.37. The Morgan fingerprint density at radius 1 is 1.19 bits per heavy atom. The van der Waals surface area contributed by atoms with Gasteiger partial charge in [-0.05, 0) is 35.4 Å². The van der Waals surface area contributed by atoms with E-state index >= 15 is 0 Å². The summed E-state index contributed by atoms with van der Waals surface area (Å²) in [5, 5.41) is 0. The van der Waals surface area contributed by atoms with E-state index in [1.165, 1.54) is 12.1 Å². The van der Waals surface area contributed by atoms with Gasteiger partial charge in [0.05, 0.1) is 4.90 Å². The van der Waals surface area contributed by atoms with Crippen molar-refractivity contribution in [2.24, 2.45) is 16.6 Å². The number of nitrogens with two attached hydrogens (primary N) is 1. The molecule has 3 N–H and O–H groups in total. The minimum Gasteiger partial charge on any atom is -0.327 e. The summed E-state index contributed by atoms with van der Waals surface area (Å²) in [6, 6.07) is 3.36. The lowest BCUT2D eigenvalue weighted by Crippen LogP contribution is -2.75. The Labute approximate surface area is 126 Å². The van der Waals surface area contributed by atoms with Gasteiger partial charge in [0.15, 0.2) is 0 Å². The predicted octanol–water partition coefficient (Wildman–Crippen LogP) is 2.17. The highest BCUT2D eigenvalue weighted by molar-refractivity contribution is 7.89. The van der Waals surface area contributed by atoms with Crippen LogP contribution in [-0.4, -0.2) is 20.5 Å². The van der Waals surface area contributed by atoms with Gasteiger partial charge < -0.3 is 5.73 Å². The van der Waals surface area contributed by atoms with Gasteiger partial charge in [0.1, 0.15) is 5.82 Å². The Balaban J connectivity index is 2.37. The van der Waals surface area contributed by atoms with Crippen molar-refractivity contribution in [3.63, 3.8) is 0 Å². The van der Waals surface area contributed by atoms with Crippen LogP contribution in [0.3, 0.4) is 0 Å². The molecule has 118 valence electrons. The van der Waals surface area contributed by atoms with Gasteiger partial charge in [0.2, 0.25) is 10.0 Å². The van der Waals surface area contributed by atoms with Crippen LogP contribution in [0.1, 0.15) is 33.3 Å². The van der Waals surface area contributed by atoms with E-state index in [1.807, 2.05) is 27.7 Å². The average Bonchev–Trinajstić information content (AvgIpc) is 2.37. The van der Waals surface area contributed by atoms with E-state index in [1.54, 1.807) is 6.92 Å². The molecule has 1 aromatic rings. The van der Waals surface area contributed by atoms with Crippen molar-refractivity contribution in [3.8, 4) is 0 Å². The fraction of sp³-hybridized carbons (Fsp3) is 0.600. The summed E-state index contributed by atoms with van der Waals surface area (Å²) in [5.74, 6) is -0.565. The quantitative estimate of drug-likeness (QED) is 0.898. The largest absolute Gasteiger partial charge is 0.327 e. The average molecular weight is 314 g/mol. The van der Waals surface area contributed by atoms with Crippen LogP contribution in [0.15, 0.2) is 23.1 Å². The molecule has 0 amide bonds. The molecule has 0 unspecified atom stereocenters. The first-order chi connectivity index (χ1) is 9.40. The molecule has 1 saturated carbocycles. The Hall–Kier alpha value is -0.980. The minimum atomic E-state index is -3.78. The van der Waals surface area contributed by atoms with Gasteiger partial charge in [-0.3, -0.25) is 0 Å². The molecule has 0 aliphatic heterocycles. The van der Waals surface area contributed by atoms with Gasteiger partial charge in [-0.15, -0.1) is 0 Å². The molecular weight excluding hydrogens is 291 g/mol. The molecule has 4 nitrogen and oxygen atoms in total. The van der Waals surface area contributed by atoms with Crippen molar-refractivity contribution in [3.05, 3.63) is 29.6 Å². The van der Waals surface area contributed by atoms with Crippen molar-refractivity contribution in [2.75, 3.05) is 0 Å². The highest BCUT2D eigenvalue weighted by Gasteiger charge is 2.61. The monoisotopic (exact) mass is 314 g/mol. The van der Waals surface area contributed by atoms with Crippen LogP contribution >= 0.6 is 0 Å². The molecule has 0 bridgehead atoms. The maximum atomic E-state index is 13.4. The SMILES string of the molecule is Cc1ccc(F)cc1S(=O)(=O)NC1C(C)(C)C(N)C1(C)C. The standard InChI is InChI=1S/C15H23FN2O2S/c1-9-6-7-10(16)8-11(9)21(19,20)18-13-14(2,3)12(17)15(13,4)5/h6-8,12-13,18H,17H2,1-5H3. The Morgan fingerprint density at radius 2 is 1.71 bits per heavy atom. The second-order valence-corrected chi connectivity index (χ2v) is 8.77. The molecule has 21 heavy (non-hydrogen) atoms. The summed E-state index contributed by atoms with van der Waals surface area (Å²) >= 11 is 0. The first kappa shape index (κ1) is 16.4. The second kappa shape index (κ2) is 4.76. The van der Waals surface area contributed by atoms with E-state index in [9.17, 15) is 12.8 Å². The predicted molar refractivity (Wildman–Crippen MR) is 80.8 cm³/mol. The zero-order valence-corrected chi connectivity index (χ0v) is 13.9. The number of hydrogen-bond acceptors (Lipinski definition) is 3. The molecule has 6 heteroatoms. The highest BCUT2D eigenvalue weighted by atomic mass is 32.2. The van der Waals surface area contributed by atoms with E-state index in [4.69, 9.17) is 5.73 Å². The van der Waals surface area contributed by atoms with Crippen molar-refractivity contribution in [1.82, 2.24) is 4.72 Å². The van der Waals surface area contributed by atoms with Crippen LogP contribution in [0, 0.1) is 23.6 Å². The third-order valence-electron chi connectivity index (χ3n) is 4.80. The molecule has 1 fully saturated rings. The normalized spacial score (nSPS) is 27.2. The van der Waals surface area contributed by atoms with Crippen LogP contribution in [0.2, 0.25) is 0 Å². The van der Waals surface area contributed by atoms with Crippen LogP contribution < -0.4 is 10.5 Å². The van der Waals surface area contributed by atoms with E-state index in [-0.39, 0.29) is 27.8 Å². The van der Waals surface area contributed by atoms with Gasteiger partial charge >= 0.3 is 0 Å². The lowest BCUT2D eigenvalue weighted by Gasteiger charge is -2.62. The highest BCUT2D eigenvalue weighted by Crippen LogP contribution is 2.53. The molecule has 2 rings (SSSR count). The second-order valence-electron chi connectivity index (χ2n) is 7.08. The third kappa shape index (κ3) is 2.49. The van der Waals surface area contributed by atoms with E-state index < -0.39 is 15.8 Å². The number of hydrogen-bond donors (Lipinski definition) is 2. The molecule has 0 atom stereocenters. The molecule has 0 spiro atoms. The summed E-state index contributed by atoms with van der Waals surface area (Å²) in [4.78, 5) is -0.0189.